The van der Waals surface area contributed by atoms with Crippen molar-refractivity contribution in [3.8, 4) is 5.75 Å². The van der Waals surface area contributed by atoms with E-state index in [2.05, 4.69) is 33.3 Å². The molecule has 1 aromatic heterocycles. The van der Waals surface area contributed by atoms with Gasteiger partial charge in [0.2, 0.25) is 5.17 Å². The van der Waals surface area contributed by atoms with Gasteiger partial charge in [-0.1, -0.05) is 60.1 Å². The van der Waals surface area contributed by atoms with Crippen LogP contribution in [0.25, 0.3) is 16.8 Å². The summed E-state index contributed by atoms with van der Waals surface area (Å²) in [5, 5.41) is 18.1. The van der Waals surface area contributed by atoms with Gasteiger partial charge >= 0.3 is 0 Å². The highest BCUT2D eigenvalue weighted by Gasteiger charge is 2.36. The predicted octanol–water partition coefficient (Wildman–Crippen LogP) is 6.13. The second-order valence-corrected chi connectivity index (χ2v) is 9.65. The number of nitrogens with one attached hydrogen (secondary N) is 1. The molecule has 2 aliphatic heterocycles. The third-order valence-electron chi connectivity index (χ3n) is 5.89. The van der Waals surface area contributed by atoms with Crippen molar-refractivity contribution in [2.45, 2.75) is 6.61 Å². The van der Waals surface area contributed by atoms with E-state index in [1.165, 1.54) is 16.8 Å². The van der Waals surface area contributed by atoms with Gasteiger partial charge in [-0.15, -0.1) is 0 Å². The van der Waals surface area contributed by atoms with Crippen LogP contribution in [0.2, 0.25) is 5.02 Å². The Morgan fingerprint density at radius 1 is 1.05 bits per heavy atom. The molecule has 0 fully saturated rings. The Labute approximate surface area is 221 Å². The number of pyridine rings is 1. The molecule has 37 heavy (non-hydrogen) atoms. The molecule has 0 unspecified atom stereocenters. The molecule has 0 saturated carbocycles. The minimum atomic E-state index is -0.501. The highest BCUT2D eigenvalue weighted by Crippen LogP contribution is 2.32. The Morgan fingerprint density at radius 3 is 2.76 bits per heavy atom. The molecule has 3 aromatic carbocycles. The molecule has 9 heteroatoms. The van der Waals surface area contributed by atoms with Crippen LogP contribution in [-0.2, 0) is 11.4 Å². The number of carbonyl (C=O) groups is 1. The minimum Gasteiger partial charge on any atom is -0.487 e. The quantitative estimate of drug-likeness (QED) is 0.317. The molecule has 4 aromatic rings. The normalized spacial score (nSPS) is 16.1. The number of hydrazone groups is 1. The topological polar surface area (TPSA) is 91.0 Å². The molecule has 0 radical (unpaired) electrons. The van der Waals surface area contributed by atoms with Gasteiger partial charge in [0, 0.05) is 18.0 Å². The first-order valence-corrected chi connectivity index (χ1v) is 12.6. The van der Waals surface area contributed by atoms with Crippen molar-refractivity contribution in [2.24, 2.45) is 10.1 Å². The number of halogens is 1. The standard InChI is InChI=1S/C28H18ClN5O2S/c29-23-14-17(10-11-24(23)36-16-20-7-3-6-18-5-1-2-9-21(18)20)13-22-25(30)34-28(32-26(22)35)37-27(33-34)19-8-4-12-31-15-19/h1-15,30H,16H2/b22-13-,30-25?. The van der Waals surface area contributed by atoms with Crippen LogP contribution in [0.5, 0.6) is 5.75 Å². The molecule has 6 rings (SSSR count). The fraction of sp³-hybridized carbons (Fsp3) is 0.0357. The van der Waals surface area contributed by atoms with Gasteiger partial charge in [-0.3, -0.25) is 15.2 Å². The molecule has 0 aliphatic carbocycles. The van der Waals surface area contributed by atoms with E-state index in [4.69, 9.17) is 21.7 Å². The first-order chi connectivity index (χ1) is 18.1. The number of carbonyl (C=O) groups excluding carboxylic acids is 1. The number of fused-ring (bicyclic) bond motifs is 2. The van der Waals surface area contributed by atoms with E-state index in [0.717, 1.165) is 21.9 Å². The maximum Gasteiger partial charge on any atom is 0.283 e. The Bertz CT molecular complexity index is 1660. The molecule has 1 N–H and O–H groups in total. The van der Waals surface area contributed by atoms with Crippen molar-refractivity contribution in [2.75, 3.05) is 0 Å². The summed E-state index contributed by atoms with van der Waals surface area (Å²) >= 11 is 7.75. The molecule has 0 spiro atoms. The zero-order chi connectivity index (χ0) is 25.4. The molecule has 2 aliphatic rings. The summed E-state index contributed by atoms with van der Waals surface area (Å²) in [6.45, 7) is 0.367. The fourth-order valence-corrected chi connectivity index (χ4v) is 5.19. The van der Waals surface area contributed by atoms with Crippen LogP contribution < -0.4 is 4.74 Å². The number of amidine groups is 2. The Kier molecular flexibility index (Phi) is 6.04. The van der Waals surface area contributed by atoms with Crippen LogP contribution in [0.15, 0.2) is 101 Å². The number of aromatic nitrogens is 1. The molecule has 180 valence electrons. The average Bonchev–Trinajstić information content (AvgIpc) is 3.35. The second-order valence-electron chi connectivity index (χ2n) is 8.28. The maximum atomic E-state index is 12.8. The Morgan fingerprint density at radius 2 is 1.92 bits per heavy atom. The smallest absolute Gasteiger partial charge is 0.283 e. The monoisotopic (exact) mass is 523 g/mol. The van der Waals surface area contributed by atoms with Gasteiger partial charge in [0.1, 0.15) is 17.4 Å². The third-order valence-corrected chi connectivity index (χ3v) is 7.15. The summed E-state index contributed by atoms with van der Waals surface area (Å²) in [4.78, 5) is 21.0. The molecule has 7 nitrogen and oxygen atoms in total. The van der Waals surface area contributed by atoms with Crippen molar-refractivity contribution in [3.63, 3.8) is 0 Å². The van der Waals surface area contributed by atoms with Crippen molar-refractivity contribution < 1.29 is 9.53 Å². The van der Waals surface area contributed by atoms with Gasteiger partial charge in [-0.25, -0.2) is 0 Å². The zero-order valence-electron chi connectivity index (χ0n) is 19.3. The number of nitrogens with zero attached hydrogens (tertiary/aromatic N) is 4. The number of aliphatic imine (C=N–C) groups is 1. The molecular formula is C28H18ClN5O2S. The average molecular weight is 524 g/mol. The minimum absolute atomic E-state index is 0.0474. The number of hydrogen-bond acceptors (Lipinski definition) is 6. The number of benzene rings is 3. The highest BCUT2D eigenvalue weighted by molar-refractivity contribution is 8.27. The van der Waals surface area contributed by atoms with E-state index in [1.54, 1.807) is 42.7 Å². The van der Waals surface area contributed by atoms with Gasteiger partial charge in [-0.05, 0) is 64.0 Å². The first kappa shape index (κ1) is 23.1. The number of thioether (sulfide) groups is 1. The number of amides is 1. The predicted molar refractivity (Wildman–Crippen MR) is 148 cm³/mol. The van der Waals surface area contributed by atoms with Gasteiger partial charge in [0.05, 0.1) is 10.6 Å². The molecule has 1 amide bonds. The summed E-state index contributed by atoms with van der Waals surface area (Å²) in [6.07, 6.45) is 4.94. The molecule has 0 bridgehead atoms. The third kappa shape index (κ3) is 4.52. The van der Waals surface area contributed by atoms with Crippen LogP contribution in [0.3, 0.4) is 0 Å². The second kappa shape index (κ2) is 9.65. The van der Waals surface area contributed by atoms with E-state index in [0.29, 0.717) is 33.2 Å². The number of rotatable bonds is 5. The molecular weight excluding hydrogens is 506 g/mol. The van der Waals surface area contributed by atoms with Gasteiger partial charge in [-0.2, -0.15) is 15.1 Å². The van der Waals surface area contributed by atoms with E-state index >= 15 is 0 Å². The SMILES string of the molecule is N=C1/C(=C/c2ccc(OCc3cccc4ccccc34)c(Cl)c2)C(=O)N=C2SC(c3cccnc3)=NN12. The van der Waals surface area contributed by atoms with Crippen LogP contribution in [0.4, 0.5) is 0 Å². The number of ether oxygens (including phenoxy) is 1. The van der Waals surface area contributed by atoms with Crippen molar-refractivity contribution in [1.82, 2.24) is 9.99 Å². The molecule has 3 heterocycles. The summed E-state index contributed by atoms with van der Waals surface area (Å²) in [7, 11) is 0. The van der Waals surface area contributed by atoms with E-state index in [9.17, 15) is 4.79 Å². The van der Waals surface area contributed by atoms with E-state index in [-0.39, 0.29) is 11.4 Å². The highest BCUT2D eigenvalue weighted by atomic mass is 35.5. The fourth-order valence-electron chi connectivity index (χ4n) is 4.06. The van der Waals surface area contributed by atoms with Crippen LogP contribution >= 0.6 is 23.4 Å². The van der Waals surface area contributed by atoms with E-state index < -0.39 is 5.91 Å². The lowest BCUT2D eigenvalue weighted by Crippen LogP contribution is -2.35. The van der Waals surface area contributed by atoms with E-state index in [1.807, 2.05) is 30.3 Å². The summed E-state index contributed by atoms with van der Waals surface area (Å²) in [5.74, 6) is -0.0173. The largest absolute Gasteiger partial charge is 0.487 e. The molecule has 0 atom stereocenters. The van der Waals surface area contributed by atoms with Gasteiger partial charge in [0.15, 0.2) is 5.84 Å². The van der Waals surface area contributed by atoms with Crippen LogP contribution in [0.1, 0.15) is 16.7 Å². The molecule has 0 saturated heterocycles. The van der Waals surface area contributed by atoms with Crippen LogP contribution in [-0.4, -0.2) is 31.9 Å². The summed E-state index contributed by atoms with van der Waals surface area (Å²) in [6, 6.07) is 23.2. The van der Waals surface area contributed by atoms with Crippen molar-refractivity contribution in [1.29, 1.82) is 5.41 Å². The summed E-state index contributed by atoms with van der Waals surface area (Å²) < 4.78 is 6.01. The Balaban J connectivity index is 1.22. The lowest BCUT2D eigenvalue weighted by atomic mass is 10.1. The van der Waals surface area contributed by atoms with Gasteiger partial charge < -0.3 is 4.74 Å². The maximum absolute atomic E-state index is 12.8. The Hall–Kier alpha value is -4.27. The van der Waals surface area contributed by atoms with Crippen molar-refractivity contribution in [3.05, 3.63) is 112 Å². The zero-order valence-corrected chi connectivity index (χ0v) is 20.8. The van der Waals surface area contributed by atoms with Crippen molar-refractivity contribution >= 4 is 62.2 Å². The lowest BCUT2D eigenvalue weighted by Gasteiger charge is -2.20. The summed E-state index contributed by atoms with van der Waals surface area (Å²) in [5.41, 5.74) is 2.63. The van der Waals surface area contributed by atoms with Gasteiger partial charge in [0.25, 0.3) is 5.91 Å². The number of hydrogen-bond donors (Lipinski definition) is 1. The van der Waals surface area contributed by atoms with Crippen LogP contribution in [0, 0.1) is 5.41 Å². The first-order valence-electron chi connectivity index (χ1n) is 11.4. The lowest BCUT2D eigenvalue weighted by molar-refractivity contribution is -0.114.